The summed E-state index contributed by atoms with van der Waals surface area (Å²) in [4.78, 5) is 23.4. The molecule has 0 aliphatic carbocycles. The van der Waals surface area contributed by atoms with Crippen LogP contribution in [-0.4, -0.2) is 42.3 Å². The van der Waals surface area contributed by atoms with E-state index in [1.54, 1.807) is 0 Å². The number of amides is 1. The molecule has 0 aromatic heterocycles. The molecule has 0 atom stereocenters. The van der Waals surface area contributed by atoms with Crippen molar-refractivity contribution in [3.63, 3.8) is 0 Å². The molecular formula is C19H27NO5. The molecule has 0 saturated carbocycles. The number of carboxylic acid groups (broad SMARTS) is 1. The highest BCUT2D eigenvalue weighted by atomic mass is 16.5. The molecule has 138 valence electrons. The number of benzene rings is 1. The van der Waals surface area contributed by atoms with Crippen LogP contribution in [0.4, 0.5) is 0 Å². The molecule has 2 rings (SSSR count). The minimum absolute atomic E-state index is 0.0577. The van der Waals surface area contributed by atoms with E-state index in [0.717, 1.165) is 0 Å². The Bertz CT molecular complexity index is 597. The Hall–Kier alpha value is -2.08. The first-order valence-electron chi connectivity index (χ1n) is 8.54. The first kappa shape index (κ1) is 19.2. The number of aliphatic carboxylic acids is 1. The maximum atomic E-state index is 12.2. The lowest BCUT2D eigenvalue weighted by Crippen LogP contribution is -2.54. The minimum atomic E-state index is -0.930. The molecule has 1 aromatic carbocycles. The normalized spacial score (nSPS) is 16.9. The van der Waals surface area contributed by atoms with Crippen molar-refractivity contribution >= 4 is 11.9 Å². The number of hydrogen-bond acceptors (Lipinski definition) is 4. The summed E-state index contributed by atoms with van der Waals surface area (Å²) in [5, 5.41) is 12.0. The van der Waals surface area contributed by atoms with Crippen LogP contribution in [-0.2, 0) is 19.7 Å². The van der Waals surface area contributed by atoms with Crippen molar-refractivity contribution in [2.45, 2.75) is 51.0 Å². The smallest absolute Gasteiger partial charge is 0.305 e. The van der Waals surface area contributed by atoms with Gasteiger partial charge in [-0.05, 0) is 36.0 Å². The number of rotatable bonds is 6. The predicted molar refractivity (Wildman–Crippen MR) is 93.8 cm³/mol. The zero-order valence-electron chi connectivity index (χ0n) is 15.1. The average molecular weight is 349 g/mol. The molecule has 0 spiro atoms. The second kappa shape index (κ2) is 7.87. The van der Waals surface area contributed by atoms with Crippen molar-refractivity contribution in [2.24, 2.45) is 0 Å². The maximum absolute atomic E-state index is 12.2. The molecular weight excluding hydrogens is 322 g/mol. The Kier molecular flexibility index (Phi) is 6.06. The van der Waals surface area contributed by atoms with Gasteiger partial charge in [-0.3, -0.25) is 9.59 Å². The van der Waals surface area contributed by atoms with Gasteiger partial charge in [0.05, 0.1) is 12.0 Å². The Morgan fingerprint density at radius 1 is 1.20 bits per heavy atom. The fourth-order valence-corrected chi connectivity index (χ4v) is 2.93. The SMILES string of the molecule is CC(C)(C)c1ccc(OCC(=O)NC2(CC(=O)O)CCOCC2)cc1. The molecule has 1 aliphatic heterocycles. The van der Waals surface area contributed by atoms with Crippen LogP contribution in [0.3, 0.4) is 0 Å². The number of hydrogen-bond donors (Lipinski definition) is 2. The van der Waals surface area contributed by atoms with E-state index in [1.165, 1.54) is 5.56 Å². The van der Waals surface area contributed by atoms with Crippen LogP contribution in [0.5, 0.6) is 5.75 Å². The van der Waals surface area contributed by atoms with Crippen molar-refractivity contribution in [1.82, 2.24) is 5.32 Å². The van der Waals surface area contributed by atoms with Gasteiger partial charge in [0.15, 0.2) is 6.61 Å². The second-order valence-electron chi connectivity index (χ2n) is 7.57. The van der Waals surface area contributed by atoms with Crippen molar-refractivity contribution in [1.29, 1.82) is 0 Å². The molecule has 0 radical (unpaired) electrons. The molecule has 2 N–H and O–H groups in total. The van der Waals surface area contributed by atoms with Crippen LogP contribution in [0.15, 0.2) is 24.3 Å². The summed E-state index contributed by atoms with van der Waals surface area (Å²) >= 11 is 0. The van der Waals surface area contributed by atoms with E-state index < -0.39 is 11.5 Å². The number of nitrogens with one attached hydrogen (secondary N) is 1. The molecule has 1 amide bonds. The highest BCUT2D eigenvalue weighted by molar-refractivity contribution is 5.79. The quantitative estimate of drug-likeness (QED) is 0.824. The van der Waals surface area contributed by atoms with Crippen LogP contribution in [0, 0.1) is 0 Å². The van der Waals surface area contributed by atoms with E-state index in [9.17, 15) is 9.59 Å². The van der Waals surface area contributed by atoms with E-state index in [1.807, 2.05) is 24.3 Å². The predicted octanol–water partition coefficient (Wildman–Crippen LogP) is 2.50. The zero-order chi connectivity index (χ0) is 18.5. The number of ether oxygens (including phenoxy) is 2. The van der Waals surface area contributed by atoms with Crippen LogP contribution in [0.2, 0.25) is 0 Å². The third kappa shape index (κ3) is 5.74. The van der Waals surface area contributed by atoms with Crippen LogP contribution in [0.1, 0.15) is 45.6 Å². The molecule has 1 heterocycles. The van der Waals surface area contributed by atoms with E-state index in [-0.39, 0.29) is 24.3 Å². The molecule has 0 unspecified atom stereocenters. The van der Waals surface area contributed by atoms with Crippen molar-refractivity contribution in [2.75, 3.05) is 19.8 Å². The lowest BCUT2D eigenvalue weighted by molar-refractivity contribution is -0.140. The highest BCUT2D eigenvalue weighted by Gasteiger charge is 2.36. The van der Waals surface area contributed by atoms with E-state index >= 15 is 0 Å². The largest absolute Gasteiger partial charge is 0.484 e. The van der Waals surface area contributed by atoms with Gasteiger partial charge < -0.3 is 19.9 Å². The van der Waals surface area contributed by atoms with Gasteiger partial charge in [0.25, 0.3) is 5.91 Å². The van der Waals surface area contributed by atoms with Gasteiger partial charge in [-0.2, -0.15) is 0 Å². The number of carbonyl (C=O) groups excluding carboxylic acids is 1. The Labute approximate surface area is 148 Å². The highest BCUT2D eigenvalue weighted by Crippen LogP contribution is 2.25. The Balaban J connectivity index is 1.91. The van der Waals surface area contributed by atoms with Gasteiger partial charge in [-0.15, -0.1) is 0 Å². The van der Waals surface area contributed by atoms with Crippen molar-refractivity contribution in [3.05, 3.63) is 29.8 Å². The molecule has 1 saturated heterocycles. The molecule has 6 heteroatoms. The third-order valence-electron chi connectivity index (χ3n) is 4.43. The van der Waals surface area contributed by atoms with Gasteiger partial charge in [-0.25, -0.2) is 0 Å². The monoisotopic (exact) mass is 349 g/mol. The van der Waals surface area contributed by atoms with Crippen LogP contribution < -0.4 is 10.1 Å². The first-order valence-corrected chi connectivity index (χ1v) is 8.54. The fourth-order valence-electron chi connectivity index (χ4n) is 2.93. The third-order valence-corrected chi connectivity index (χ3v) is 4.43. The molecule has 1 aliphatic rings. The van der Waals surface area contributed by atoms with Gasteiger partial charge >= 0.3 is 5.97 Å². The summed E-state index contributed by atoms with van der Waals surface area (Å²) in [5.74, 6) is -0.633. The van der Waals surface area contributed by atoms with Gasteiger partial charge in [0.2, 0.25) is 0 Å². The number of carbonyl (C=O) groups is 2. The van der Waals surface area contributed by atoms with E-state index in [0.29, 0.717) is 31.8 Å². The summed E-state index contributed by atoms with van der Waals surface area (Å²) in [6, 6.07) is 7.65. The van der Waals surface area contributed by atoms with Crippen LogP contribution >= 0.6 is 0 Å². The zero-order valence-corrected chi connectivity index (χ0v) is 15.1. The van der Waals surface area contributed by atoms with Crippen molar-refractivity contribution < 1.29 is 24.2 Å². The van der Waals surface area contributed by atoms with Gasteiger partial charge in [0.1, 0.15) is 5.75 Å². The maximum Gasteiger partial charge on any atom is 0.305 e. The topological polar surface area (TPSA) is 84.9 Å². The average Bonchev–Trinajstić information content (AvgIpc) is 2.52. The first-order chi connectivity index (χ1) is 11.7. The Morgan fingerprint density at radius 2 is 1.80 bits per heavy atom. The van der Waals surface area contributed by atoms with Crippen LogP contribution in [0.25, 0.3) is 0 Å². The summed E-state index contributed by atoms with van der Waals surface area (Å²) in [6.45, 7) is 7.15. The molecule has 25 heavy (non-hydrogen) atoms. The summed E-state index contributed by atoms with van der Waals surface area (Å²) in [7, 11) is 0. The van der Waals surface area contributed by atoms with E-state index in [4.69, 9.17) is 14.6 Å². The fraction of sp³-hybridized carbons (Fsp3) is 0.579. The molecule has 0 bridgehead atoms. The standard InChI is InChI=1S/C19H27NO5/c1-18(2,3)14-4-6-15(7-5-14)25-13-16(21)20-19(12-17(22)23)8-10-24-11-9-19/h4-7H,8-13H2,1-3H3,(H,20,21)(H,22,23). The van der Waals surface area contributed by atoms with Crippen molar-refractivity contribution in [3.8, 4) is 5.75 Å². The lowest BCUT2D eigenvalue weighted by atomic mass is 9.86. The Morgan fingerprint density at radius 3 is 2.32 bits per heavy atom. The van der Waals surface area contributed by atoms with Gasteiger partial charge in [0, 0.05) is 13.2 Å². The van der Waals surface area contributed by atoms with E-state index in [2.05, 4.69) is 26.1 Å². The van der Waals surface area contributed by atoms with Gasteiger partial charge in [-0.1, -0.05) is 32.9 Å². The number of carboxylic acids is 1. The summed E-state index contributed by atoms with van der Waals surface area (Å²) < 4.78 is 10.8. The molecule has 6 nitrogen and oxygen atoms in total. The summed E-state index contributed by atoms with van der Waals surface area (Å²) in [6.07, 6.45) is 0.874. The molecule has 1 fully saturated rings. The summed E-state index contributed by atoms with van der Waals surface area (Å²) in [5.41, 5.74) is 0.495. The lowest BCUT2D eigenvalue weighted by Gasteiger charge is -2.36. The minimum Gasteiger partial charge on any atom is -0.484 e. The molecule has 1 aromatic rings. The second-order valence-corrected chi connectivity index (χ2v) is 7.57.